The molecule has 0 saturated heterocycles. The topological polar surface area (TPSA) is 29.9 Å². The second kappa shape index (κ2) is 5.93. The minimum atomic E-state index is -0.556. The molecular formula is C14H17F2N3. The van der Waals surface area contributed by atoms with Crippen LogP contribution in [0.1, 0.15) is 31.1 Å². The summed E-state index contributed by atoms with van der Waals surface area (Å²) in [6.45, 7) is 5.10. The highest BCUT2D eigenvalue weighted by Crippen LogP contribution is 2.11. The van der Waals surface area contributed by atoms with Crippen LogP contribution in [0.4, 0.5) is 8.78 Å². The van der Waals surface area contributed by atoms with Crippen molar-refractivity contribution < 1.29 is 8.78 Å². The summed E-state index contributed by atoms with van der Waals surface area (Å²) in [6.07, 6.45) is 3.56. The van der Waals surface area contributed by atoms with Crippen molar-refractivity contribution in [2.75, 3.05) is 0 Å². The summed E-state index contributed by atoms with van der Waals surface area (Å²) in [5.74, 6) is -1.08. The molecule has 0 unspecified atom stereocenters. The predicted molar refractivity (Wildman–Crippen MR) is 69.5 cm³/mol. The Bertz CT molecular complexity index is 549. The van der Waals surface area contributed by atoms with Gasteiger partial charge in [0.2, 0.25) is 0 Å². The molecule has 19 heavy (non-hydrogen) atoms. The molecule has 3 nitrogen and oxygen atoms in total. The highest BCUT2D eigenvalue weighted by Gasteiger charge is 2.06. The van der Waals surface area contributed by atoms with Gasteiger partial charge in [-0.25, -0.2) is 13.8 Å². The number of hydrogen-bond donors (Lipinski definition) is 1. The maximum atomic E-state index is 13.4. The summed E-state index contributed by atoms with van der Waals surface area (Å²) in [4.78, 5) is 4.10. The molecule has 1 aromatic carbocycles. The molecule has 5 heteroatoms. The third-order valence-corrected chi connectivity index (χ3v) is 2.94. The van der Waals surface area contributed by atoms with Gasteiger partial charge in [-0.15, -0.1) is 0 Å². The molecule has 1 aromatic heterocycles. The van der Waals surface area contributed by atoms with Gasteiger partial charge in [0.25, 0.3) is 0 Å². The Morgan fingerprint density at radius 3 is 2.74 bits per heavy atom. The number of benzene rings is 1. The number of hydrogen-bond acceptors (Lipinski definition) is 2. The summed E-state index contributed by atoms with van der Waals surface area (Å²) in [6, 6.07) is 3.95. The summed E-state index contributed by atoms with van der Waals surface area (Å²) in [5, 5.41) is 3.14. The Morgan fingerprint density at radius 2 is 2.05 bits per heavy atom. The highest BCUT2D eigenvalue weighted by atomic mass is 19.1. The van der Waals surface area contributed by atoms with E-state index in [1.807, 2.05) is 4.57 Å². The Kier molecular flexibility index (Phi) is 4.27. The predicted octanol–water partition coefficient (Wildman–Crippen LogP) is 3.03. The lowest BCUT2D eigenvalue weighted by molar-refractivity contribution is 0.536. The second-order valence-corrected chi connectivity index (χ2v) is 4.73. The lowest BCUT2D eigenvalue weighted by Gasteiger charge is -2.12. The molecule has 1 N–H and O–H groups in total. The van der Waals surface area contributed by atoms with E-state index in [0.29, 0.717) is 24.7 Å². The third kappa shape index (κ3) is 3.38. The van der Waals surface area contributed by atoms with E-state index in [9.17, 15) is 8.78 Å². The molecule has 0 saturated carbocycles. The van der Waals surface area contributed by atoms with Crippen molar-refractivity contribution in [1.82, 2.24) is 14.9 Å². The molecule has 0 aliphatic rings. The van der Waals surface area contributed by atoms with Crippen molar-refractivity contribution >= 4 is 0 Å². The first-order valence-electron chi connectivity index (χ1n) is 6.23. The van der Waals surface area contributed by atoms with Gasteiger partial charge < -0.3 is 9.88 Å². The van der Waals surface area contributed by atoms with E-state index in [1.54, 1.807) is 12.5 Å². The monoisotopic (exact) mass is 265 g/mol. The largest absolute Gasteiger partial charge is 0.331 e. The minimum Gasteiger partial charge on any atom is -0.331 e. The smallest absolute Gasteiger partial charge is 0.130 e. The molecule has 0 aliphatic heterocycles. The third-order valence-electron chi connectivity index (χ3n) is 2.94. The quantitative estimate of drug-likeness (QED) is 0.900. The molecule has 0 spiro atoms. The lowest BCUT2D eigenvalue weighted by atomic mass is 10.2. The van der Waals surface area contributed by atoms with Gasteiger partial charge in [-0.3, -0.25) is 0 Å². The van der Waals surface area contributed by atoms with Crippen LogP contribution in [0.25, 0.3) is 0 Å². The van der Waals surface area contributed by atoms with Crippen LogP contribution in [0.3, 0.4) is 0 Å². The first-order chi connectivity index (χ1) is 9.08. The molecule has 0 radical (unpaired) electrons. The Balaban J connectivity index is 1.94. The van der Waals surface area contributed by atoms with Gasteiger partial charge in [0.1, 0.15) is 11.6 Å². The fraction of sp³-hybridized carbons (Fsp3) is 0.357. The summed E-state index contributed by atoms with van der Waals surface area (Å²) in [7, 11) is 0. The van der Waals surface area contributed by atoms with Gasteiger partial charge in [-0.2, -0.15) is 0 Å². The van der Waals surface area contributed by atoms with Crippen LogP contribution in [0.2, 0.25) is 0 Å². The van der Waals surface area contributed by atoms with E-state index in [2.05, 4.69) is 24.1 Å². The standard InChI is InChI=1S/C14H17F2N3/c1-10(2)19-9-18-8-13(19)7-17-6-11-3-4-12(15)5-14(11)16/h3-5,8-10,17H,6-7H2,1-2H3. The molecule has 0 aliphatic carbocycles. The molecule has 2 rings (SSSR count). The van der Waals surface area contributed by atoms with Gasteiger partial charge in [0.05, 0.1) is 12.0 Å². The zero-order valence-corrected chi connectivity index (χ0v) is 11.0. The van der Waals surface area contributed by atoms with E-state index >= 15 is 0 Å². The number of nitrogens with one attached hydrogen (secondary N) is 1. The molecule has 0 bridgehead atoms. The average Bonchev–Trinajstić information content (AvgIpc) is 2.80. The van der Waals surface area contributed by atoms with Crippen molar-refractivity contribution in [3.63, 3.8) is 0 Å². The van der Waals surface area contributed by atoms with Crippen LogP contribution in [-0.4, -0.2) is 9.55 Å². The van der Waals surface area contributed by atoms with Crippen molar-refractivity contribution in [3.8, 4) is 0 Å². The van der Waals surface area contributed by atoms with E-state index in [1.165, 1.54) is 12.1 Å². The molecular weight excluding hydrogens is 248 g/mol. The van der Waals surface area contributed by atoms with E-state index in [0.717, 1.165) is 11.8 Å². The summed E-state index contributed by atoms with van der Waals surface area (Å²) in [5.41, 5.74) is 1.49. The van der Waals surface area contributed by atoms with Crippen LogP contribution in [-0.2, 0) is 13.1 Å². The van der Waals surface area contributed by atoms with Gasteiger partial charge >= 0.3 is 0 Å². The second-order valence-electron chi connectivity index (χ2n) is 4.73. The van der Waals surface area contributed by atoms with Gasteiger partial charge in [0, 0.05) is 37.0 Å². The Hall–Kier alpha value is -1.75. The number of aromatic nitrogens is 2. The minimum absolute atomic E-state index is 0.335. The number of imidazole rings is 1. The van der Waals surface area contributed by atoms with Crippen LogP contribution in [0, 0.1) is 11.6 Å². The van der Waals surface area contributed by atoms with Crippen LogP contribution in [0.15, 0.2) is 30.7 Å². The summed E-state index contributed by atoms with van der Waals surface area (Å²) >= 11 is 0. The van der Waals surface area contributed by atoms with Gasteiger partial charge in [-0.1, -0.05) is 6.07 Å². The molecule has 0 fully saturated rings. The van der Waals surface area contributed by atoms with Gasteiger partial charge in [-0.05, 0) is 19.9 Å². The average molecular weight is 265 g/mol. The highest BCUT2D eigenvalue weighted by molar-refractivity contribution is 5.18. The zero-order valence-electron chi connectivity index (χ0n) is 11.0. The van der Waals surface area contributed by atoms with Crippen molar-refractivity contribution in [2.24, 2.45) is 0 Å². The van der Waals surface area contributed by atoms with E-state index in [4.69, 9.17) is 0 Å². The SMILES string of the molecule is CC(C)n1cncc1CNCc1ccc(F)cc1F. The lowest BCUT2D eigenvalue weighted by Crippen LogP contribution is -2.17. The Morgan fingerprint density at radius 1 is 1.26 bits per heavy atom. The number of rotatable bonds is 5. The van der Waals surface area contributed by atoms with E-state index in [-0.39, 0.29) is 0 Å². The number of nitrogens with zero attached hydrogens (tertiary/aromatic N) is 2. The fourth-order valence-corrected chi connectivity index (χ4v) is 1.92. The molecule has 0 amide bonds. The van der Waals surface area contributed by atoms with E-state index < -0.39 is 11.6 Å². The van der Waals surface area contributed by atoms with Crippen LogP contribution in [0.5, 0.6) is 0 Å². The molecule has 0 atom stereocenters. The maximum absolute atomic E-state index is 13.4. The molecule has 2 aromatic rings. The summed E-state index contributed by atoms with van der Waals surface area (Å²) < 4.78 is 28.2. The van der Waals surface area contributed by atoms with Crippen molar-refractivity contribution in [1.29, 1.82) is 0 Å². The van der Waals surface area contributed by atoms with Crippen molar-refractivity contribution in [2.45, 2.75) is 33.0 Å². The fourth-order valence-electron chi connectivity index (χ4n) is 1.92. The Labute approximate surface area is 111 Å². The van der Waals surface area contributed by atoms with Gasteiger partial charge in [0.15, 0.2) is 0 Å². The maximum Gasteiger partial charge on any atom is 0.130 e. The van der Waals surface area contributed by atoms with Crippen LogP contribution < -0.4 is 5.32 Å². The molecule has 1 heterocycles. The van der Waals surface area contributed by atoms with Crippen molar-refractivity contribution in [3.05, 3.63) is 53.6 Å². The number of halogens is 2. The first kappa shape index (κ1) is 13.7. The van der Waals surface area contributed by atoms with Crippen LogP contribution >= 0.6 is 0 Å². The normalized spacial score (nSPS) is 11.2. The first-order valence-corrected chi connectivity index (χ1v) is 6.23. The zero-order chi connectivity index (χ0) is 13.8. The molecule has 102 valence electrons.